The minimum atomic E-state index is 0.105. The van der Waals surface area contributed by atoms with Gasteiger partial charge in [-0.1, -0.05) is 0 Å². The molecule has 0 aromatic carbocycles. The summed E-state index contributed by atoms with van der Waals surface area (Å²) < 4.78 is 5.27. The van der Waals surface area contributed by atoms with Crippen molar-refractivity contribution in [2.75, 3.05) is 13.2 Å². The van der Waals surface area contributed by atoms with Gasteiger partial charge in [-0.25, -0.2) is 0 Å². The van der Waals surface area contributed by atoms with E-state index in [9.17, 15) is 4.79 Å². The molecule has 1 saturated carbocycles. The fraction of sp³-hybridized carbons (Fsp3) is 0.923. The summed E-state index contributed by atoms with van der Waals surface area (Å²) in [4.78, 5) is 11.8. The quantitative estimate of drug-likeness (QED) is 0.740. The van der Waals surface area contributed by atoms with Crippen LogP contribution in [0.15, 0.2) is 0 Å². The number of hydrogen-bond acceptors (Lipinski definition) is 3. The van der Waals surface area contributed by atoms with Crippen LogP contribution in [0.1, 0.15) is 46.0 Å². The first-order valence-electron chi connectivity index (χ1n) is 6.74. The molecule has 3 N–H and O–H groups in total. The van der Waals surface area contributed by atoms with Gasteiger partial charge in [-0.15, -0.1) is 0 Å². The Morgan fingerprint density at radius 1 is 1.41 bits per heavy atom. The van der Waals surface area contributed by atoms with Crippen molar-refractivity contribution in [1.29, 1.82) is 0 Å². The number of hydrogen-bond donors (Lipinski definition) is 2. The van der Waals surface area contributed by atoms with Crippen LogP contribution in [-0.4, -0.2) is 31.2 Å². The number of ether oxygens (including phenoxy) is 1. The molecule has 1 unspecified atom stereocenters. The molecule has 100 valence electrons. The molecule has 0 aromatic heterocycles. The van der Waals surface area contributed by atoms with Crippen molar-refractivity contribution in [3.05, 3.63) is 0 Å². The Balaban J connectivity index is 2.16. The first-order valence-corrected chi connectivity index (χ1v) is 6.74. The maximum atomic E-state index is 11.8. The van der Waals surface area contributed by atoms with Gasteiger partial charge < -0.3 is 15.8 Å². The highest BCUT2D eigenvalue weighted by Crippen LogP contribution is 2.25. The molecule has 0 heterocycles. The summed E-state index contributed by atoms with van der Waals surface area (Å²) in [6.07, 6.45) is 4.95. The molecular formula is C13H26N2O2. The summed E-state index contributed by atoms with van der Waals surface area (Å²) in [6.45, 7) is 5.22. The van der Waals surface area contributed by atoms with Gasteiger partial charge >= 0.3 is 0 Å². The third-order valence-corrected chi connectivity index (χ3v) is 3.34. The zero-order chi connectivity index (χ0) is 12.7. The maximum absolute atomic E-state index is 11.8. The average molecular weight is 242 g/mol. The highest BCUT2D eigenvalue weighted by Gasteiger charge is 2.21. The van der Waals surface area contributed by atoms with Crippen LogP contribution in [0.5, 0.6) is 0 Å². The Labute approximate surface area is 104 Å². The molecule has 4 heteroatoms. The van der Waals surface area contributed by atoms with Crippen LogP contribution in [0, 0.1) is 5.92 Å². The number of rotatable bonds is 6. The summed E-state index contributed by atoms with van der Waals surface area (Å²) in [5.41, 5.74) is 5.85. The van der Waals surface area contributed by atoms with Crippen molar-refractivity contribution in [3.8, 4) is 0 Å². The third-order valence-electron chi connectivity index (χ3n) is 3.34. The van der Waals surface area contributed by atoms with Crippen molar-refractivity contribution in [2.45, 2.75) is 58.0 Å². The molecule has 1 amide bonds. The molecule has 1 rings (SSSR count). The second-order valence-electron chi connectivity index (χ2n) is 5.11. The Hall–Kier alpha value is -0.610. The molecule has 4 nitrogen and oxygen atoms in total. The van der Waals surface area contributed by atoms with Gasteiger partial charge in [0.15, 0.2) is 0 Å². The molecule has 0 saturated heterocycles. The van der Waals surface area contributed by atoms with E-state index < -0.39 is 0 Å². The highest BCUT2D eigenvalue weighted by molar-refractivity contribution is 5.76. The van der Waals surface area contributed by atoms with E-state index in [1.165, 1.54) is 0 Å². The molecule has 0 spiro atoms. The Morgan fingerprint density at radius 3 is 2.65 bits per heavy atom. The lowest BCUT2D eigenvalue weighted by Gasteiger charge is -2.26. The van der Waals surface area contributed by atoms with Gasteiger partial charge in [0, 0.05) is 25.1 Å². The molecule has 0 bridgehead atoms. The van der Waals surface area contributed by atoms with E-state index >= 15 is 0 Å². The Morgan fingerprint density at radius 2 is 2.06 bits per heavy atom. The summed E-state index contributed by atoms with van der Waals surface area (Å²) in [5, 5.41) is 2.98. The van der Waals surface area contributed by atoms with Crippen LogP contribution in [0.4, 0.5) is 0 Å². The van der Waals surface area contributed by atoms with Crippen molar-refractivity contribution in [3.63, 3.8) is 0 Å². The smallest absolute Gasteiger partial charge is 0.220 e. The van der Waals surface area contributed by atoms with Crippen LogP contribution >= 0.6 is 0 Å². The summed E-state index contributed by atoms with van der Waals surface area (Å²) in [5.74, 6) is 0.673. The van der Waals surface area contributed by atoms with Crippen LogP contribution in [-0.2, 0) is 9.53 Å². The van der Waals surface area contributed by atoms with E-state index in [2.05, 4.69) is 5.32 Å². The van der Waals surface area contributed by atoms with E-state index in [0.29, 0.717) is 31.6 Å². The number of amides is 1. The Kier molecular flexibility index (Phi) is 6.52. The molecule has 1 aliphatic carbocycles. The summed E-state index contributed by atoms with van der Waals surface area (Å²) in [6, 6.07) is 0.458. The van der Waals surface area contributed by atoms with E-state index in [-0.39, 0.29) is 11.9 Å². The second-order valence-corrected chi connectivity index (χ2v) is 5.11. The Bertz CT molecular complexity index is 225. The normalized spacial score (nSPS) is 26.5. The zero-order valence-electron chi connectivity index (χ0n) is 11.1. The van der Waals surface area contributed by atoms with Crippen LogP contribution in [0.3, 0.4) is 0 Å². The van der Waals surface area contributed by atoms with Crippen LogP contribution in [0.2, 0.25) is 0 Å². The van der Waals surface area contributed by atoms with Crippen molar-refractivity contribution in [1.82, 2.24) is 5.32 Å². The van der Waals surface area contributed by atoms with Crippen molar-refractivity contribution >= 4 is 5.91 Å². The van der Waals surface area contributed by atoms with Crippen LogP contribution in [0.25, 0.3) is 0 Å². The molecular weight excluding hydrogens is 216 g/mol. The minimum Gasteiger partial charge on any atom is -0.380 e. The molecule has 0 aliphatic heterocycles. The predicted octanol–water partition coefficient (Wildman–Crippen LogP) is 1.44. The molecule has 1 atom stereocenters. The topological polar surface area (TPSA) is 64.3 Å². The standard InChI is InChI=1S/C13H26N2O2/c1-3-17-9-10(2)15-13(16)8-11-4-6-12(14)7-5-11/h10-12H,3-9,14H2,1-2H3,(H,15,16). The number of carbonyl (C=O) groups excluding carboxylic acids is 1. The summed E-state index contributed by atoms with van der Waals surface area (Å²) in [7, 11) is 0. The van der Waals surface area contributed by atoms with Gasteiger partial charge in [-0.2, -0.15) is 0 Å². The third kappa shape index (κ3) is 6.03. The van der Waals surface area contributed by atoms with E-state index in [0.717, 1.165) is 25.7 Å². The lowest BCUT2D eigenvalue weighted by atomic mass is 9.84. The van der Waals surface area contributed by atoms with Gasteiger partial charge in [0.1, 0.15) is 0 Å². The largest absolute Gasteiger partial charge is 0.380 e. The maximum Gasteiger partial charge on any atom is 0.220 e. The zero-order valence-corrected chi connectivity index (χ0v) is 11.1. The number of nitrogens with one attached hydrogen (secondary N) is 1. The van der Waals surface area contributed by atoms with Gasteiger partial charge in [0.2, 0.25) is 5.91 Å². The van der Waals surface area contributed by atoms with E-state index in [4.69, 9.17) is 10.5 Å². The van der Waals surface area contributed by atoms with Gasteiger partial charge in [0.25, 0.3) is 0 Å². The molecule has 1 aliphatic rings. The fourth-order valence-corrected chi connectivity index (χ4v) is 2.32. The number of carbonyl (C=O) groups is 1. The lowest BCUT2D eigenvalue weighted by molar-refractivity contribution is -0.123. The van der Waals surface area contributed by atoms with E-state index in [1.54, 1.807) is 0 Å². The van der Waals surface area contributed by atoms with Gasteiger partial charge in [-0.3, -0.25) is 4.79 Å². The fourth-order valence-electron chi connectivity index (χ4n) is 2.32. The first kappa shape index (κ1) is 14.5. The SMILES string of the molecule is CCOCC(C)NC(=O)CC1CCC(N)CC1. The second kappa shape index (κ2) is 7.67. The van der Waals surface area contributed by atoms with Crippen LogP contribution < -0.4 is 11.1 Å². The van der Waals surface area contributed by atoms with Crippen molar-refractivity contribution < 1.29 is 9.53 Å². The van der Waals surface area contributed by atoms with Crippen molar-refractivity contribution in [2.24, 2.45) is 11.7 Å². The van der Waals surface area contributed by atoms with Gasteiger partial charge in [0.05, 0.1) is 6.61 Å². The average Bonchev–Trinajstić information content (AvgIpc) is 2.29. The first-order chi connectivity index (χ1) is 8.11. The molecule has 0 aromatic rings. The van der Waals surface area contributed by atoms with E-state index in [1.807, 2.05) is 13.8 Å². The molecule has 0 radical (unpaired) electrons. The molecule has 17 heavy (non-hydrogen) atoms. The number of nitrogens with two attached hydrogens (primary N) is 1. The molecule has 1 fully saturated rings. The minimum absolute atomic E-state index is 0.105. The monoisotopic (exact) mass is 242 g/mol. The summed E-state index contributed by atoms with van der Waals surface area (Å²) >= 11 is 0. The highest BCUT2D eigenvalue weighted by atomic mass is 16.5. The van der Waals surface area contributed by atoms with Gasteiger partial charge in [-0.05, 0) is 45.4 Å². The lowest BCUT2D eigenvalue weighted by Crippen LogP contribution is -2.37. The predicted molar refractivity (Wildman–Crippen MR) is 68.6 cm³/mol.